The fraction of sp³-hybridized carbons (Fsp3) is 0.273. The molecule has 0 aromatic heterocycles. The molecule has 0 N–H and O–H groups in total. The van der Waals surface area contributed by atoms with Gasteiger partial charge >= 0.3 is 5.97 Å². The zero-order valence-electron chi connectivity index (χ0n) is 15.0. The van der Waals surface area contributed by atoms with Crippen LogP contribution in [0.4, 0.5) is 0 Å². The maximum Gasteiger partial charge on any atom is 0.314 e. The van der Waals surface area contributed by atoms with Crippen molar-refractivity contribution in [3.63, 3.8) is 0 Å². The van der Waals surface area contributed by atoms with Crippen molar-refractivity contribution >= 4 is 41.0 Å². The molecule has 2 aliphatic rings. The van der Waals surface area contributed by atoms with Crippen molar-refractivity contribution in [1.82, 2.24) is 0 Å². The van der Waals surface area contributed by atoms with Crippen molar-refractivity contribution in [3.05, 3.63) is 63.3 Å². The Morgan fingerprint density at radius 2 is 1.89 bits per heavy atom. The van der Waals surface area contributed by atoms with Gasteiger partial charge in [-0.2, -0.15) is 0 Å². The van der Waals surface area contributed by atoms with Crippen molar-refractivity contribution in [1.29, 1.82) is 0 Å². The summed E-state index contributed by atoms with van der Waals surface area (Å²) < 4.78 is 11.2. The predicted molar refractivity (Wildman–Crippen MR) is 108 cm³/mol. The maximum absolute atomic E-state index is 12.6. The van der Waals surface area contributed by atoms with Crippen LogP contribution in [0.5, 0.6) is 11.5 Å². The molecule has 0 spiro atoms. The first-order valence-corrected chi connectivity index (χ1v) is 10.0. The molecule has 2 aromatic carbocycles. The minimum atomic E-state index is -0.254. The van der Waals surface area contributed by atoms with Crippen LogP contribution < -0.4 is 9.47 Å². The van der Waals surface area contributed by atoms with Gasteiger partial charge in [-0.05, 0) is 42.7 Å². The van der Waals surface area contributed by atoms with Gasteiger partial charge in [0, 0.05) is 6.07 Å². The Morgan fingerprint density at radius 1 is 1.11 bits per heavy atom. The van der Waals surface area contributed by atoms with Gasteiger partial charge in [0.25, 0.3) is 0 Å². The molecule has 4 rings (SSSR count). The average Bonchev–Trinajstić information content (AvgIpc) is 3.01. The summed E-state index contributed by atoms with van der Waals surface area (Å²) >= 11 is 12.2. The maximum atomic E-state index is 12.6. The molecule has 0 unspecified atom stereocenters. The molecule has 2 aromatic rings. The van der Waals surface area contributed by atoms with E-state index < -0.39 is 0 Å². The fourth-order valence-electron chi connectivity index (χ4n) is 3.54. The SMILES string of the molecule is O=C1/C(=C/c2cccc(Cl)c2Cl)Oc2cc(OC(=O)C3CCCCC3)ccc21. The average molecular weight is 417 g/mol. The Balaban J connectivity index is 1.53. The highest BCUT2D eigenvalue weighted by molar-refractivity contribution is 6.43. The lowest BCUT2D eigenvalue weighted by molar-refractivity contribution is -0.139. The Morgan fingerprint density at radius 3 is 2.68 bits per heavy atom. The number of rotatable bonds is 3. The Labute approximate surface area is 173 Å². The van der Waals surface area contributed by atoms with Crippen LogP contribution in [0.15, 0.2) is 42.2 Å². The van der Waals surface area contributed by atoms with Crippen molar-refractivity contribution in [3.8, 4) is 11.5 Å². The van der Waals surface area contributed by atoms with Gasteiger partial charge in [-0.25, -0.2) is 0 Å². The molecule has 1 fully saturated rings. The van der Waals surface area contributed by atoms with E-state index in [1.54, 1.807) is 42.5 Å². The number of allylic oxidation sites excluding steroid dienone is 1. The highest BCUT2D eigenvalue weighted by Crippen LogP contribution is 2.36. The zero-order valence-corrected chi connectivity index (χ0v) is 16.6. The van der Waals surface area contributed by atoms with E-state index in [0.29, 0.717) is 32.7 Å². The molecule has 1 heterocycles. The number of halogens is 2. The first-order valence-electron chi connectivity index (χ1n) is 9.27. The third-order valence-corrected chi connectivity index (χ3v) is 5.90. The number of carbonyl (C=O) groups is 2. The number of Topliss-reactive ketones (excluding diaryl/α,β-unsaturated/α-hetero) is 1. The molecule has 0 saturated heterocycles. The van der Waals surface area contributed by atoms with Gasteiger partial charge < -0.3 is 9.47 Å². The van der Waals surface area contributed by atoms with Crippen molar-refractivity contribution in [2.24, 2.45) is 5.92 Å². The number of ketones is 1. The molecule has 4 nitrogen and oxygen atoms in total. The summed E-state index contributed by atoms with van der Waals surface area (Å²) in [6.45, 7) is 0. The van der Waals surface area contributed by atoms with E-state index in [-0.39, 0.29) is 23.4 Å². The predicted octanol–water partition coefficient (Wildman–Crippen LogP) is 6.10. The van der Waals surface area contributed by atoms with Gasteiger partial charge in [-0.15, -0.1) is 0 Å². The lowest BCUT2D eigenvalue weighted by atomic mass is 9.89. The smallest absolute Gasteiger partial charge is 0.314 e. The van der Waals surface area contributed by atoms with E-state index in [2.05, 4.69) is 0 Å². The van der Waals surface area contributed by atoms with E-state index in [4.69, 9.17) is 32.7 Å². The monoisotopic (exact) mass is 416 g/mol. The molecule has 0 radical (unpaired) electrons. The summed E-state index contributed by atoms with van der Waals surface area (Å²) in [5, 5.41) is 0.752. The second kappa shape index (κ2) is 7.98. The molecule has 28 heavy (non-hydrogen) atoms. The van der Waals surface area contributed by atoms with Crippen LogP contribution in [0.25, 0.3) is 6.08 Å². The van der Waals surface area contributed by atoms with E-state index in [1.165, 1.54) is 6.42 Å². The van der Waals surface area contributed by atoms with Crippen molar-refractivity contribution < 1.29 is 19.1 Å². The molecule has 0 bridgehead atoms. The highest BCUT2D eigenvalue weighted by Gasteiger charge is 2.29. The summed E-state index contributed by atoms with van der Waals surface area (Å²) in [6.07, 6.45) is 6.58. The molecule has 1 aliphatic carbocycles. The van der Waals surface area contributed by atoms with Gasteiger partial charge in [-0.1, -0.05) is 54.6 Å². The number of hydrogen-bond acceptors (Lipinski definition) is 4. The zero-order chi connectivity index (χ0) is 19.7. The quantitative estimate of drug-likeness (QED) is 0.344. The second-order valence-electron chi connectivity index (χ2n) is 7.00. The van der Waals surface area contributed by atoms with Crippen molar-refractivity contribution in [2.45, 2.75) is 32.1 Å². The largest absolute Gasteiger partial charge is 0.452 e. The molecule has 1 aliphatic heterocycles. The standard InChI is InChI=1S/C22H18Cl2O4/c23-17-8-4-7-14(20(17)24)11-19-21(25)16-10-9-15(12-18(16)28-19)27-22(26)13-5-2-1-3-6-13/h4,7-13H,1-3,5-6H2/b19-11-. The van der Waals surface area contributed by atoms with E-state index in [1.807, 2.05) is 0 Å². The number of benzene rings is 2. The van der Waals surface area contributed by atoms with Crippen LogP contribution in [0.3, 0.4) is 0 Å². The van der Waals surface area contributed by atoms with E-state index >= 15 is 0 Å². The summed E-state index contributed by atoms with van der Waals surface area (Å²) in [5.41, 5.74) is 1.01. The minimum absolute atomic E-state index is 0.0509. The number of carbonyl (C=O) groups excluding carboxylic acids is 2. The third kappa shape index (κ3) is 3.80. The molecular weight excluding hydrogens is 399 g/mol. The summed E-state index contributed by atoms with van der Waals surface area (Å²) in [6, 6.07) is 9.98. The van der Waals surface area contributed by atoms with Crippen LogP contribution in [0.2, 0.25) is 10.0 Å². The summed E-state index contributed by atoms with van der Waals surface area (Å²) in [7, 11) is 0. The normalized spacial score (nSPS) is 18.1. The number of ether oxygens (including phenoxy) is 2. The molecule has 1 saturated carbocycles. The fourth-order valence-corrected chi connectivity index (χ4v) is 3.90. The molecule has 0 amide bonds. The first kappa shape index (κ1) is 19.0. The van der Waals surface area contributed by atoms with Crippen molar-refractivity contribution in [2.75, 3.05) is 0 Å². The van der Waals surface area contributed by atoms with Gasteiger partial charge in [-0.3, -0.25) is 9.59 Å². The Bertz CT molecular complexity index is 974. The number of fused-ring (bicyclic) bond motifs is 1. The highest BCUT2D eigenvalue weighted by atomic mass is 35.5. The van der Waals surface area contributed by atoms with Gasteiger partial charge in [0.2, 0.25) is 5.78 Å². The van der Waals surface area contributed by atoms with Gasteiger partial charge in [0.05, 0.1) is 21.5 Å². The molecule has 0 atom stereocenters. The molecule has 144 valence electrons. The van der Waals surface area contributed by atoms with Gasteiger partial charge in [0.1, 0.15) is 11.5 Å². The summed E-state index contributed by atoms with van der Waals surface area (Å²) in [4.78, 5) is 24.9. The third-order valence-electron chi connectivity index (χ3n) is 5.07. The topological polar surface area (TPSA) is 52.6 Å². The number of esters is 1. The Hall–Kier alpha value is -2.30. The second-order valence-corrected chi connectivity index (χ2v) is 7.78. The lowest BCUT2D eigenvalue weighted by Crippen LogP contribution is -2.22. The first-order chi connectivity index (χ1) is 13.5. The summed E-state index contributed by atoms with van der Waals surface area (Å²) in [5.74, 6) is 0.370. The van der Waals surface area contributed by atoms with Crippen LogP contribution in [-0.4, -0.2) is 11.8 Å². The molecule has 6 heteroatoms. The minimum Gasteiger partial charge on any atom is -0.452 e. The Kier molecular flexibility index (Phi) is 5.42. The number of hydrogen-bond donors (Lipinski definition) is 0. The van der Waals surface area contributed by atoms with Crippen LogP contribution in [-0.2, 0) is 4.79 Å². The van der Waals surface area contributed by atoms with Crippen LogP contribution in [0, 0.1) is 5.92 Å². The lowest BCUT2D eigenvalue weighted by Gasteiger charge is -2.19. The van der Waals surface area contributed by atoms with E-state index in [9.17, 15) is 9.59 Å². The van der Waals surface area contributed by atoms with Crippen LogP contribution >= 0.6 is 23.2 Å². The van der Waals surface area contributed by atoms with E-state index in [0.717, 1.165) is 25.7 Å². The van der Waals surface area contributed by atoms with Crippen LogP contribution in [0.1, 0.15) is 48.0 Å². The van der Waals surface area contributed by atoms with Gasteiger partial charge in [0.15, 0.2) is 5.76 Å². The molecular formula is C22H18Cl2O4.